The lowest BCUT2D eigenvalue weighted by atomic mass is 9.92. The maximum Gasteiger partial charge on any atom is 0.354 e. The van der Waals surface area contributed by atoms with Crippen molar-refractivity contribution in [3.63, 3.8) is 0 Å². The van der Waals surface area contributed by atoms with Gasteiger partial charge in [0.15, 0.2) is 11.8 Å². The van der Waals surface area contributed by atoms with Crippen LogP contribution in [0.4, 0.5) is 4.39 Å². The number of rotatable bonds is 10. The number of aromatic amines is 1. The second-order valence-electron chi connectivity index (χ2n) is 11.3. The molecule has 9 nitrogen and oxygen atoms in total. The molecule has 222 valence electrons. The van der Waals surface area contributed by atoms with E-state index in [1.807, 2.05) is 31.2 Å². The molecular formula is C31H38ClFN8O. The molecular weight excluding hydrogens is 555 g/mol. The van der Waals surface area contributed by atoms with Crippen molar-refractivity contribution in [1.82, 2.24) is 25.2 Å². The molecule has 2 aromatic heterocycles. The Kier molecular flexibility index (Phi) is 9.25. The van der Waals surface area contributed by atoms with Gasteiger partial charge in [0.05, 0.1) is 16.4 Å². The molecule has 0 bridgehead atoms. The average Bonchev–Trinajstić information content (AvgIpc) is 3.37. The first-order chi connectivity index (χ1) is 20.2. The Morgan fingerprint density at radius 1 is 1.26 bits per heavy atom. The van der Waals surface area contributed by atoms with Crippen LogP contribution in [0.1, 0.15) is 62.6 Å². The summed E-state index contributed by atoms with van der Waals surface area (Å²) in [7, 11) is 0. The van der Waals surface area contributed by atoms with Gasteiger partial charge in [-0.2, -0.15) is 4.98 Å². The predicted octanol–water partition coefficient (Wildman–Crippen LogP) is 4.90. The third-order valence-electron chi connectivity index (χ3n) is 7.88. The number of nitrogens with one attached hydrogen (secondary N) is 4. The molecule has 5 rings (SSSR count). The van der Waals surface area contributed by atoms with E-state index in [-0.39, 0.29) is 23.1 Å². The summed E-state index contributed by atoms with van der Waals surface area (Å²) in [5, 5.41) is 14.6. The van der Waals surface area contributed by atoms with Gasteiger partial charge in [-0.15, -0.1) is 0 Å². The second-order valence-corrected chi connectivity index (χ2v) is 11.7. The first kappa shape index (κ1) is 29.8. The van der Waals surface area contributed by atoms with Crippen LogP contribution < -0.4 is 27.8 Å². The number of fused-ring (bicyclic) bond motifs is 1. The molecule has 0 aliphatic carbocycles. The molecule has 1 saturated heterocycles. The molecule has 11 heteroatoms. The lowest BCUT2D eigenvalue weighted by molar-refractivity contribution is 0.312. The summed E-state index contributed by atoms with van der Waals surface area (Å²) < 4.78 is 16.6. The highest BCUT2D eigenvalue weighted by atomic mass is 35.5. The molecule has 3 atom stereocenters. The van der Waals surface area contributed by atoms with Crippen molar-refractivity contribution in [2.75, 3.05) is 6.54 Å². The van der Waals surface area contributed by atoms with E-state index >= 15 is 4.39 Å². The van der Waals surface area contributed by atoms with Gasteiger partial charge < -0.3 is 27.1 Å². The number of hydrogen-bond acceptors (Lipinski definition) is 5. The largest absolute Gasteiger partial charge is 0.370 e. The normalized spacial score (nSPS) is 17.8. The van der Waals surface area contributed by atoms with Crippen LogP contribution in [0.15, 0.2) is 53.5 Å². The van der Waals surface area contributed by atoms with Gasteiger partial charge in [0.2, 0.25) is 0 Å². The van der Waals surface area contributed by atoms with Gasteiger partial charge in [-0.3, -0.25) is 9.98 Å². The number of piperidine rings is 1. The zero-order valence-corrected chi connectivity index (χ0v) is 24.5. The summed E-state index contributed by atoms with van der Waals surface area (Å²) >= 11 is 6.25. The van der Waals surface area contributed by atoms with E-state index < -0.39 is 11.5 Å². The fourth-order valence-electron chi connectivity index (χ4n) is 5.70. The predicted molar refractivity (Wildman–Crippen MR) is 167 cm³/mol. The van der Waals surface area contributed by atoms with Crippen molar-refractivity contribution in [2.24, 2.45) is 11.5 Å². The highest BCUT2D eigenvalue weighted by Gasteiger charge is 2.22. The van der Waals surface area contributed by atoms with Crippen LogP contribution in [0, 0.1) is 11.2 Å². The molecule has 0 amide bonds. The standard InChI is InChI=1S/C31H38ClFN8O/c1-18(34)4-2-5-19-14-24(28(33)25(32)15-19)27-16-21-17-41(31(42)40-29(21)39-27)23-10-8-20(9-11-23)26-7-3-6-22(38-26)12-13-37-30(35)36/h8-11,14-18,22,26,38H,2-7,12-13,34H2,1H3,(H4,35,36,37)(H,39,40,42)/t18-,22+,26+/m0/s1. The molecule has 0 unspecified atom stereocenters. The molecule has 1 aliphatic heterocycles. The van der Waals surface area contributed by atoms with Gasteiger partial charge in [-0.25, -0.2) is 9.18 Å². The Balaban J connectivity index is 1.35. The lowest BCUT2D eigenvalue weighted by Gasteiger charge is -2.31. The average molecular weight is 593 g/mol. The molecule has 42 heavy (non-hydrogen) atoms. The Bertz CT molecular complexity index is 1610. The van der Waals surface area contributed by atoms with E-state index in [4.69, 9.17) is 28.5 Å². The van der Waals surface area contributed by atoms with Gasteiger partial charge >= 0.3 is 5.69 Å². The number of halogens is 2. The van der Waals surface area contributed by atoms with E-state index in [2.05, 4.69) is 20.6 Å². The molecule has 2 aromatic carbocycles. The monoisotopic (exact) mass is 592 g/mol. The molecule has 1 fully saturated rings. The lowest BCUT2D eigenvalue weighted by Crippen LogP contribution is -2.40. The van der Waals surface area contributed by atoms with Gasteiger partial charge in [-0.05, 0) is 86.9 Å². The van der Waals surface area contributed by atoms with E-state index in [0.717, 1.165) is 56.1 Å². The Morgan fingerprint density at radius 2 is 2.05 bits per heavy atom. The number of aryl methyl sites for hydroxylation is 1. The number of guanidine groups is 1. The molecule has 0 radical (unpaired) electrons. The fraction of sp³-hybridized carbons (Fsp3) is 0.387. The first-order valence-electron chi connectivity index (χ1n) is 14.5. The zero-order valence-electron chi connectivity index (χ0n) is 23.7. The van der Waals surface area contributed by atoms with Crippen molar-refractivity contribution in [3.8, 4) is 16.9 Å². The number of nitrogens with zero attached hydrogens (tertiary/aromatic N) is 2. The quantitative estimate of drug-likeness (QED) is 0.114. The van der Waals surface area contributed by atoms with Gasteiger partial charge in [0.25, 0.3) is 0 Å². The van der Waals surface area contributed by atoms with Gasteiger partial charge in [0, 0.05) is 41.8 Å². The highest BCUT2D eigenvalue weighted by Crippen LogP contribution is 2.32. The minimum Gasteiger partial charge on any atom is -0.370 e. The van der Waals surface area contributed by atoms with Crippen LogP contribution in [-0.4, -0.2) is 39.1 Å². The van der Waals surface area contributed by atoms with E-state index in [1.54, 1.807) is 24.4 Å². The van der Waals surface area contributed by atoms with Crippen LogP contribution in [0.2, 0.25) is 5.02 Å². The number of hydrogen-bond donors (Lipinski definition) is 6. The highest BCUT2D eigenvalue weighted by molar-refractivity contribution is 6.31. The third-order valence-corrected chi connectivity index (χ3v) is 8.15. The summed E-state index contributed by atoms with van der Waals surface area (Å²) in [6.07, 6.45) is 8.33. The smallest absolute Gasteiger partial charge is 0.354 e. The minimum absolute atomic E-state index is 0.00809. The Labute approximate surface area is 249 Å². The molecule has 4 aromatic rings. The van der Waals surface area contributed by atoms with Crippen LogP contribution in [0.3, 0.4) is 0 Å². The SMILES string of the molecule is C[C@H](N)CCCc1cc(Cl)c(F)c(-c2cc3cn(-c4ccc([C@H]5CCC[C@H](CCNC(=N)N)N5)cc4)c(=O)nc3[nH]2)c1. The van der Waals surface area contributed by atoms with Crippen molar-refractivity contribution in [3.05, 3.63) is 81.1 Å². The summed E-state index contributed by atoms with van der Waals surface area (Å²) in [6, 6.07) is 13.8. The van der Waals surface area contributed by atoms with Crippen LogP contribution in [-0.2, 0) is 6.42 Å². The zero-order chi connectivity index (χ0) is 29.8. The number of aromatic nitrogens is 3. The Morgan fingerprint density at radius 3 is 2.79 bits per heavy atom. The third kappa shape index (κ3) is 7.00. The maximum absolute atomic E-state index is 15.1. The number of nitrogens with two attached hydrogens (primary N) is 2. The summed E-state index contributed by atoms with van der Waals surface area (Å²) in [5.41, 5.74) is 14.9. The molecule has 0 saturated carbocycles. The molecule has 0 spiro atoms. The minimum atomic E-state index is -0.515. The maximum atomic E-state index is 15.1. The van der Waals surface area contributed by atoms with Crippen molar-refractivity contribution in [2.45, 2.75) is 70.0 Å². The Hall–Kier alpha value is -3.73. The molecule has 8 N–H and O–H groups in total. The second kappa shape index (κ2) is 13.1. The van der Waals surface area contributed by atoms with Crippen molar-refractivity contribution in [1.29, 1.82) is 5.41 Å². The van der Waals surface area contributed by atoms with Crippen molar-refractivity contribution < 1.29 is 4.39 Å². The summed E-state index contributed by atoms with van der Waals surface area (Å²) in [6.45, 7) is 2.63. The van der Waals surface area contributed by atoms with E-state index in [0.29, 0.717) is 40.6 Å². The van der Waals surface area contributed by atoms with Crippen molar-refractivity contribution >= 4 is 28.6 Å². The fourth-order valence-corrected chi connectivity index (χ4v) is 5.94. The van der Waals surface area contributed by atoms with Gasteiger partial charge in [-0.1, -0.05) is 30.2 Å². The topological polar surface area (TPSA) is 151 Å². The molecule has 3 heterocycles. The van der Waals surface area contributed by atoms with E-state index in [9.17, 15) is 4.79 Å². The number of H-pyrrole nitrogens is 1. The van der Waals surface area contributed by atoms with Crippen LogP contribution in [0.5, 0.6) is 0 Å². The molecule has 1 aliphatic rings. The van der Waals surface area contributed by atoms with Crippen LogP contribution in [0.25, 0.3) is 28.0 Å². The summed E-state index contributed by atoms with van der Waals surface area (Å²) in [5.74, 6) is -0.523. The van der Waals surface area contributed by atoms with E-state index in [1.165, 1.54) is 4.57 Å². The van der Waals surface area contributed by atoms with Crippen LogP contribution >= 0.6 is 11.6 Å². The van der Waals surface area contributed by atoms with Gasteiger partial charge in [0.1, 0.15) is 5.65 Å². The number of benzene rings is 2. The first-order valence-corrected chi connectivity index (χ1v) is 14.9. The summed E-state index contributed by atoms with van der Waals surface area (Å²) in [4.78, 5) is 20.3.